The fourth-order valence-electron chi connectivity index (χ4n) is 5.11. The molecule has 2 saturated heterocycles. The van der Waals surface area contributed by atoms with E-state index in [1.54, 1.807) is 4.90 Å². The Morgan fingerprint density at radius 2 is 2.00 bits per heavy atom. The number of likely N-dealkylation sites (tertiary alicyclic amines) is 1. The summed E-state index contributed by atoms with van der Waals surface area (Å²) in [5.41, 5.74) is 8.69. The number of carbonyl (C=O) groups is 3. The van der Waals surface area contributed by atoms with Crippen molar-refractivity contribution >= 4 is 17.7 Å². The van der Waals surface area contributed by atoms with E-state index in [-0.39, 0.29) is 24.1 Å². The van der Waals surface area contributed by atoms with Crippen LogP contribution in [0.25, 0.3) is 0 Å². The van der Waals surface area contributed by atoms with E-state index in [9.17, 15) is 14.4 Å². The molecular formula is C22H30N4O3. The third kappa shape index (κ3) is 3.69. The van der Waals surface area contributed by atoms with Crippen molar-refractivity contribution in [2.45, 2.75) is 58.3 Å². The summed E-state index contributed by atoms with van der Waals surface area (Å²) in [6, 6.07) is 5.84. The van der Waals surface area contributed by atoms with Crippen LogP contribution in [0.5, 0.6) is 0 Å². The van der Waals surface area contributed by atoms with Crippen molar-refractivity contribution in [1.29, 1.82) is 0 Å². The van der Waals surface area contributed by atoms with E-state index in [0.717, 1.165) is 29.7 Å². The number of hydrogen-bond donors (Lipinski definition) is 2. The standard InChI is InChI=1S/C22H30N4O3/c1-13-8-14(2)25(11-17(13)9-23)10-15-4-3-5-16-12-26(22(29)20(15)16)18-6-7-19(27)24-21(18)28/h3-5,13-14,17-18H,6-12,23H2,1-2H3,(H,24,27,28). The van der Waals surface area contributed by atoms with Gasteiger partial charge in [-0.25, -0.2) is 0 Å². The number of nitrogens with zero attached hydrogens (tertiary/aromatic N) is 2. The molecular weight excluding hydrogens is 368 g/mol. The second-order valence-corrected chi connectivity index (χ2v) is 8.84. The Labute approximate surface area is 171 Å². The van der Waals surface area contributed by atoms with Crippen molar-refractivity contribution in [3.63, 3.8) is 0 Å². The highest BCUT2D eigenvalue weighted by Crippen LogP contribution is 2.33. The third-order valence-electron chi connectivity index (χ3n) is 6.92. The lowest BCUT2D eigenvalue weighted by atomic mass is 9.83. The van der Waals surface area contributed by atoms with Gasteiger partial charge in [-0.05, 0) is 49.3 Å². The fraction of sp³-hybridized carbons (Fsp3) is 0.591. The van der Waals surface area contributed by atoms with Gasteiger partial charge in [0.15, 0.2) is 0 Å². The molecule has 3 amide bonds. The van der Waals surface area contributed by atoms with E-state index in [1.165, 1.54) is 0 Å². The zero-order valence-electron chi connectivity index (χ0n) is 17.2. The zero-order chi connectivity index (χ0) is 20.7. The van der Waals surface area contributed by atoms with Crippen LogP contribution in [0.2, 0.25) is 0 Å². The van der Waals surface area contributed by atoms with Gasteiger partial charge in [-0.2, -0.15) is 0 Å². The minimum Gasteiger partial charge on any atom is -0.330 e. The maximum absolute atomic E-state index is 13.3. The van der Waals surface area contributed by atoms with Gasteiger partial charge in [0.25, 0.3) is 5.91 Å². The lowest BCUT2D eigenvalue weighted by Gasteiger charge is -2.41. The highest BCUT2D eigenvalue weighted by atomic mass is 16.2. The van der Waals surface area contributed by atoms with E-state index in [1.807, 2.05) is 18.2 Å². The number of nitrogens with two attached hydrogens (primary N) is 1. The van der Waals surface area contributed by atoms with Crippen molar-refractivity contribution in [2.24, 2.45) is 17.6 Å². The minimum atomic E-state index is -0.572. The molecule has 156 valence electrons. The van der Waals surface area contributed by atoms with Crippen LogP contribution in [-0.4, -0.2) is 52.7 Å². The molecule has 0 spiro atoms. The summed E-state index contributed by atoms with van der Waals surface area (Å²) in [7, 11) is 0. The number of piperidine rings is 2. The first kappa shape index (κ1) is 20.0. The maximum atomic E-state index is 13.3. The molecule has 4 rings (SSSR count). The van der Waals surface area contributed by atoms with Gasteiger partial charge in [0.2, 0.25) is 11.8 Å². The molecule has 29 heavy (non-hydrogen) atoms. The molecule has 2 fully saturated rings. The van der Waals surface area contributed by atoms with Gasteiger partial charge in [-0.3, -0.25) is 24.6 Å². The summed E-state index contributed by atoms with van der Waals surface area (Å²) in [4.78, 5) is 41.1. The quantitative estimate of drug-likeness (QED) is 0.745. The molecule has 7 nitrogen and oxygen atoms in total. The van der Waals surface area contributed by atoms with Crippen LogP contribution in [0.3, 0.4) is 0 Å². The van der Waals surface area contributed by atoms with E-state index in [0.29, 0.717) is 43.9 Å². The van der Waals surface area contributed by atoms with E-state index in [2.05, 4.69) is 24.1 Å². The van der Waals surface area contributed by atoms with Crippen LogP contribution in [0, 0.1) is 11.8 Å². The van der Waals surface area contributed by atoms with Crippen molar-refractivity contribution in [3.8, 4) is 0 Å². The summed E-state index contributed by atoms with van der Waals surface area (Å²) >= 11 is 0. The number of fused-ring (bicyclic) bond motifs is 1. The average molecular weight is 399 g/mol. The molecule has 3 heterocycles. The minimum absolute atomic E-state index is 0.0986. The largest absolute Gasteiger partial charge is 0.330 e. The SMILES string of the molecule is CC1CC(C)N(Cc2cccc3c2C(=O)N(C2CCC(=O)NC2=O)C3)CC1CN. The average Bonchev–Trinajstić information content (AvgIpc) is 3.01. The fourth-order valence-corrected chi connectivity index (χ4v) is 5.11. The molecule has 1 aromatic rings. The lowest BCUT2D eigenvalue weighted by molar-refractivity contribution is -0.136. The molecule has 4 atom stereocenters. The molecule has 7 heteroatoms. The van der Waals surface area contributed by atoms with Crippen LogP contribution in [0.15, 0.2) is 18.2 Å². The van der Waals surface area contributed by atoms with Crippen LogP contribution >= 0.6 is 0 Å². The zero-order valence-corrected chi connectivity index (χ0v) is 17.2. The van der Waals surface area contributed by atoms with Crippen LogP contribution in [-0.2, 0) is 22.7 Å². The van der Waals surface area contributed by atoms with Gasteiger partial charge in [-0.15, -0.1) is 0 Å². The second-order valence-electron chi connectivity index (χ2n) is 8.84. The van der Waals surface area contributed by atoms with Crippen molar-refractivity contribution in [2.75, 3.05) is 13.1 Å². The van der Waals surface area contributed by atoms with Crippen molar-refractivity contribution < 1.29 is 14.4 Å². The monoisotopic (exact) mass is 398 g/mol. The topological polar surface area (TPSA) is 95.7 Å². The molecule has 3 aliphatic heterocycles. The molecule has 0 bridgehead atoms. The van der Waals surface area contributed by atoms with Crippen LogP contribution in [0.4, 0.5) is 0 Å². The smallest absolute Gasteiger partial charge is 0.255 e. The lowest BCUT2D eigenvalue weighted by Crippen LogP contribution is -2.52. The Balaban J connectivity index is 1.55. The molecule has 0 radical (unpaired) electrons. The van der Waals surface area contributed by atoms with Crippen molar-refractivity contribution in [1.82, 2.24) is 15.1 Å². The Bertz CT molecular complexity index is 839. The highest BCUT2D eigenvalue weighted by molar-refractivity contribution is 6.05. The Morgan fingerprint density at radius 3 is 2.72 bits per heavy atom. The van der Waals surface area contributed by atoms with E-state index in [4.69, 9.17) is 5.73 Å². The predicted molar refractivity (Wildman–Crippen MR) is 109 cm³/mol. The Hall–Kier alpha value is -2.25. The summed E-state index contributed by atoms with van der Waals surface area (Å²) in [5.74, 6) is 0.349. The molecule has 3 aliphatic rings. The maximum Gasteiger partial charge on any atom is 0.255 e. The number of amides is 3. The summed E-state index contributed by atoms with van der Waals surface area (Å²) in [5, 5.41) is 2.36. The molecule has 0 aliphatic carbocycles. The number of carbonyl (C=O) groups excluding carboxylic acids is 3. The highest BCUT2D eigenvalue weighted by Gasteiger charge is 2.40. The van der Waals surface area contributed by atoms with Crippen molar-refractivity contribution in [3.05, 3.63) is 34.9 Å². The summed E-state index contributed by atoms with van der Waals surface area (Å²) < 4.78 is 0. The number of nitrogens with one attached hydrogen (secondary N) is 1. The van der Waals surface area contributed by atoms with Gasteiger partial charge in [0.05, 0.1) is 0 Å². The molecule has 0 saturated carbocycles. The van der Waals surface area contributed by atoms with Gasteiger partial charge < -0.3 is 10.6 Å². The van der Waals surface area contributed by atoms with E-state index < -0.39 is 6.04 Å². The van der Waals surface area contributed by atoms with Gasteiger partial charge in [-0.1, -0.05) is 25.1 Å². The van der Waals surface area contributed by atoms with Gasteiger partial charge in [0, 0.05) is 37.7 Å². The Morgan fingerprint density at radius 1 is 1.21 bits per heavy atom. The predicted octanol–water partition coefficient (Wildman–Crippen LogP) is 1.25. The molecule has 4 unspecified atom stereocenters. The van der Waals surface area contributed by atoms with Gasteiger partial charge >= 0.3 is 0 Å². The normalized spacial score (nSPS) is 30.4. The first-order chi connectivity index (χ1) is 13.9. The van der Waals surface area contributed by atoms with Crippen LogP contribution in [0.1, 0.15) is 54.6 Å². The molecule has 1 aromatic carbocycles. The number of rotatable bonds is 4. The Kier molecular flexibility index (Phi) is 5.44. The molecule has 3 N–H and O–H groups in total. The number of benzene rings is 1. The second kappa shape index (κ2) is 7.88. The third-order valence-corrected chi connectivity index (χ3v) is 6.92. The summed E-state index contributed by atoms with van der Waals surface area (Å²) in [6.45, 7) is 7.26. The van der Waals surface area contributed by atoms with Gasteiger partial charge in [0.1, 0.15) is 6.04 Å². The molecule has 0 aromatic heterocycles. The van der Waals surface area contributed by atoms with E-state index >= 15 is 0 Å². The van der Waals surface area contributed by atoms with Crippen LogP contribution < -0.4 is 11.1 Å². The summed E-state index contributed by atoms with van der Waals surface area (Å²) in [6.07, 6.45) is 1.76. The first-order valence-corrected chi connectivity index (χ1v) is 10.6. The first-order valence-electron chi connectivity index (χ1n) is 10.6. The number of hydrogen-bond acceptors (Lipinski definition) is 5. The number of imide groups is 1.